The maximum atomic E-state index is 13.3. The average Bonchev–Trinajstić information content (AvgIpc) is 3.13. The van der Waals surface area contributed by atoms with Crippen LogP contribution < -0.4 is 14.8 Å². The highest BCUT2D eigenvalue weighted by atomic mass is 19.1. The Bertz CT molecular complexity index is 1050. The molecule has 1 aliphatic rings. The minimum Gasteiger partial charge on any atom is -0.486 e. The van der Waals surface area contributed by atoms with Crippen LogP contribution in [0.5, 0.6) is 11.5 Å². The predicted molar refractivity (Wildman–Crippen MR) is 115 cm³/mol. The molecule has 162 valence electrons. The molecule has 0 saturated carbocycles. The highest BCUT2D eigenvalue weighted by Gasteiger charge is 2.24. The Morgan fingerprint density at radius 3 is 2.71 bits per heavy atom. The minimum absolute atomic E-state index is 0.158. The summed E-state index contributed by atoms with van der Waals surface area (Å²) in [5.41, 5.74) is 1.42. The lowest BCUT2D eigenvalue weighted by molar-refractivity contribution is -0.117. The Labute approximate surface area is 180 Å². The number of halogens is 1. The highest BCUT2D eigenvalue weighted by Crippen LogP contribution is 2.31. The van der Waals surface area contributed by atoms with Crippen LogP contribution >= 0.6 is 0 Å². The SMILES string of the molecule is CCN(CC(=O)Nc1cc(C)nn1-c1ccc(F)cc1)CC1COc2ccccc2O1. The molecule has 4 rings (SSSR count). The van der Waals surface area contributed by atoms with Crippen molar-refractivity contribution in [2.75, 3.05) is 31.6 Å². The topological polar surface area (TPSA) is 68.6 Å². The number of likely N-dealkylation sites (N-methyl/N-ethyl adjacent to an activating group) is 1. The molecule has 1 unspecified atom stereocenters. The number of hydrogen-bond acceptors (Lipinski definition) is 5. The van der Waals surface area contributed by atoms with Crippen LogP contribution in [0.15, 0.2) is 54.6 Å². The second-order valence-corrected chi connectivity index (χ2v) is 7.43. The maximum Gasteiger partial charge on any atom is 0.239 e. The van der Waals surface area contributed by atoms with Crippen molar-refractivity contribution in [2.24, 2.45) is 0 Å². The summed E-state index contributed by atoms with van der Waals surface area (Å²) < 4.78 is 26.6. The van der Waals surface area contributed by atoms with E-state index in [1.807, 2.05) is 43.0 Å². The standard InChI is InChI=1S/C23H25FN4O3/c1-3-27(13-19-15-30-20-6-4-5-7-21(20)31-19)14-23(29)25-22-12-16(2)26-28(22)18-10-8-17(24)9-11-18/h4-12,19H,3,13-15H2,1-2H3,(H,25,29). The molecule has 1 aliphatic heterocycles. The molecule has 0 aliphatic carbocycles. The van der Waals surface area contributed by atoms with Crippen molar-refractivity contribution in [3.05, 3.63) is 66.1 Å². The number of hydrogen-bond donors (Lipinski definition) is 1. The van der Waals surface area contributed by atoms with Gasteiger partial charge in [0.1, 0.15) is 24.3 Å². The molecule has 2 heterocycles. The second-order valence-electron chi connectivity index (χ2n) is 7.43. The number of amides is 1. The van der Waals surface area contributed by atoms with Gasteiger partial charge in [-0.3, -0.25) is 9.69 Å². The molecule has 1 atom stereocenters. The first-order valence-electron chi connectivity index (χ1n) is 10.2. The Morgan fingerprint density at radius 1 is 1.23 bits per heavy atom. The molecule has 8 heteroatoms. The van der Waals surface area contributed by atoms with Crippen molar-refractivity contribution in [3.8, 4) is 17.2 Å². The van der Waals surface area contributed by atoms with Crippen molar-refractivity contribution in [3.63, 3.8) is 0 Å². The van der Waals surface area contributed by atoms with Gasteiger partial charge in [-0.2, -0.15) is 5.10 Å². The quantitative estimate of drug-likeness (QED) is 0.630. The van der Waals surface area contributed by atoms with Gasteiger partial charge in [-0.25, -0.2) is 9.07 Å². The zero-order valence-electron chi connectivity index (χ0n) is 17.5. The highest BCUT2D eigenvalue weighted by molar-refractivity contribution is 5.91. The summed E-state index contributed by atoms with van der Waals surface area (Å²) in [7, 11) is 0. The number of nitrogens with zero attached hydrogens (tertiary/aromatic N) is 3. The van der Waals surface area contributed by atoms with E-state index in [4.69, 9.17) is 9.47 Å². The van der Waals surface area contributed by atoms with Crippen LogP contribution in [-0.2, 0) is 4.79 Å². The molecule has 1 aromatic heterocycles. The molecule has 0 saturated heterocycles. The van der Waals surface area contributed by atoms with Gasteiger partial charge >= 0.3 is 0 Å². The lowest BCUT2D eigenvalue weighted by Crippen LogP contribution is -2.43. The summed E-state index contributed by atoms with van der Waals surface area (Å²) in [6, 6.07) is 15.3. The van der Waals surface area contributed by atoms with Crippen LogP contribution in [0.1, 0.15) is 12.6 Å². The fraction of sp³-hybridized carbons (Fsp3) is 0.304. The predicted octanol–water partition coefficient (Wildman–Crippen LogP) is 3.42. The van der Waals surface area contributed by atoms with Gasteiger partial charge in [0, 0.05) is 12.6 Å². The Hall–Kier alpha value is -3.39. The van der Waals surface area contributed by atoms with Crippen LogP contribution in [0.2, 0.25) is 0 Å². The summed E-state index contributed by atoms with van der Waals surface area (Å²) in [6.07, 6.45) is -0.158. The molecule has 31 heavy (non-hydrogen) atoms. The van der Waals surface area contributed by atoms with Gasteiger partial charge in [0.25, 0.3) is 0 Å². The van der Waals surface area contributed by atoms with E-state index in [9.17, 15) is 9.18 Å². The normalized spacial score (nSPS) is 15.2. The van der Waals surface area contributed by atoms with Crippen molar-refractivity contribution < 1.29 is 18.7 Å². The van der Waals surface area contributed by atoms with E-state index >= 15 is 0 Å². The van der Waals surface area contributed by atoms with Gasteiger partial charge in [0.05, 0.1) is 17.9 Å². The lowest BCUT2D eigenvalue weighted by Gasteiger charge is -2.30. The zero-order valence-corrected chi connectivity index (χ0v) is 17.5. The Morgan fingerprint density at radius 2 is 1.97 bits per heavy atom. The van der Waals surface area contributed by atoms with Gasteiger partial charge in [-0.15, -0.1) is 0 Å². The molecule has 0 radical (unpaired) electrons. The number of carbonyl (C=O) groups excluding carboxylic acids is 1. The molecular weight excluding hydrogens is 399 g/mol. The monoisotopic (exact) mass is 424 g/mol. The van der Waals surface area contributed by atoms with E-state index in [1.54, 1.807) is 22.9 Å². The summed E-state index contributed by atoms with van der Waals surface area (Å²) in [6.45, 7) is 5.72. The first kappa shape index (κ1) is 20.9. The lowest BCUT2D eigenvalue weighted by atomic mass is 10.2. The van der Waals surface area contributed by atoms with Crippen molar-refractivity contribution in [2.45, 2.75) is 20.0 Å². The third-order valence-electron chi connectivity index (χ3n) is 5.01. The summed E-state index contributed by atoms with van der Waals surface area (Å²) in [5, 5.41) is 7.32. The molecule has 2 aromatic carbocycles. The number of anilines is 1. The number of para-hydroxylation sites is 2. The van der Waals surface area contributed by atoms with Gasteiger partial charge in [-0.1, -0.05) is 19.1 Å². The van der Waals surface area contributed by atoms with Gasteiger partial charge in [0.15, 0.2) is 11.5 Å². The first-order chi connectivity index (χ1) is 15.0. The number of aromatic nitrogens is 2. The Kier molecular flexibility index (Phi) is 6.18. The third kappa shape index (κ3) is 5.03. The van der Waals surface area contributed by atoms with Gasteiger partial charge in [-0.05, 0) is 49.9 Å². The number of aryl methyl sites for hydroxylation is 1. The van der Waals surface area contributed by atoms with Gasteiger partial charge < -0.3 is 14.8 Å². The first-order valence-corrected chi connectivity index (χ1v) is 10.2. The van der Waals surface area contributed by atoms with E-state index in [0.29, 0.717) is 31.2 Å². The van der Waals surface area contributed by atoms with E-state index in [2.05, 4.69) is 10.4 Å². The summed E-state index contributed by atoms with van der Waals surface area (Å²) >= 11 is 0. The van der Waals surface area contributed by atoms with Crippen LogP contribution in [0.4, 0.5) is 10.2 Å². The zero-order chi connectivity index (χ0) is 21.8. The van der Waals surface area contributed by atoms with Crippen LogP contribution in [0.25, 0.3) is 5.69 Å². The van der Waals surface area contributed by atoms with Crippen molar-refractivity contribution >= 4 is 11.7 Å². The number of carbonyl (C=O) groups is 1. The van der Waals surface area contributed by atoms with Crippen molar-refractivity contribution in [1.29, 1.82) is 0 Å². The summed E-state index contributed by atoms with van der Waals surface area (Å²) in [5.74, 6) is 1.51. The van der Waals surface area contributed by atoms with E-state index in [0.717, 1.165) is 17.2 Å². The minimum atomic E-state index is -0.326. The number of rotatable bonds is 7. The van der Waals surface area contributed by atoms with E-state index < -0.39 is 0 Å². The number of ether oxygens (including phenoxy) is 2. The molecule has 0 bridgehead atoms. The average molecular weight is 424 g/mol. The number of nitrogens with one attached hydrogen (secondary N) is 1. The third-order valence-corrected chi connectivity index (χ3v) is 5.01. The molecule has 7 nitrogen and oxygen atoms in total. The maximum absolute atomic E-state index is 13.3. The molecule has 0 fully saturated rings. The van der Waals surface area contributed by atoms with Crippen molar-refractivity contribution in [1.82, 2.24) is 14.7 Å². The molecular formula is C23H25FN4O3. The summed E-state index contributed by atoms with van der Waals surface area (Å²) in [4.78, 5) is 14.7. The number of fused-ring (bicyclic) bond motifs is 1. The number of benzene rings is 2. The van der Waals surface area contributed by atoms with E-state index in [-0.39, 0.29) is 24.4 Å². The molecule has 3 aromatic rings. The van der Waals surface area contributed by atoms with Crippen LogP contribution in [0.3, 0.4) is 0 Å². The van der Waals surface area contributed by atoms with Crippen LogP contribution in [0, 0.1) is 12.7 Å². The van der Waals surface area contributed by atoms with Gasteiger partial charge in [0.2, 0.25) is 5.91 Å². The Balaban J connectivity index is 1.38. The molecule has 1 N–H and O–H groups in total. The largest absolute Gasteiger partial charge is 0.486 e. The molecule has 1 amide bonds. The van der Waals surface area contributed by atoms with E-state index in [1.165, 1.54) is 12.1 Å². The fourth-order valence-corrected chi connectivity index (χ4v) is 3.50. The second kappa shape index (κ2) is 9.18. The van der Waals surface area contributed by atoms with Crippen LogP contribution in [-0.4, -0.2) is 52.9 Å². The smallest absolute Gasteiger partial charge is 0.239 e. The molecule has 0 spiro atoms. The fourth-order valence-electron chi connectivity index (χ4n) is 3.50.